The Bertz CT molecular complexity index is 337. The van der Waals surface area contributed by atoms with Crippen molar-refractivity contribution >= 4 is 5.71 Å². The van der Waals surface area contributed by atoms with Gasteiger partial charge in [-0.2, -0.15) is 0 Å². The average Bonchev–Trinajstić information content (AvgIpc) is 2.35. The van der Waals surface area contributed by atoms with Crippen LogP contribution < -0.4 is 0 Å². The van der Waals surface area contributed by atoms with E-state index in [1.54, 1.807) is 0 Å². The van der Waals surface area contributed by atoms with E-state index in [1.807, 2.05) is 27.7 Å². The summed E-state index contributed by atoms with van der Waals surface area (Å²) in [5, 5.41) is 0. The van der Waals surface area contributed by atoms with Crippen molar-refractivity contribution in [1.29, 1.82) is 0 Å². The van der Waals surface area contributed by atoms with Crippen molar-refractivity contribution < 1.29 is 0 Å². The Hall–Kier alpha value is -1.11. The van der Waals surface area contributed by atoms with Crippen LogP contribution >= 0.6 is 0 Å². The average molecular weight is 219 g/mol. The highest BCUT2D eigenvalue weighted by atomic mass is 14.7. The van der Waals surface area contributed by atoms with E-state index < -0.39 is 0 Å². The number of nitrogens with zero attached hydrogens (tertiary/aromatic N) is 1. The van der Waals surface area contributed by atoms with Crippen molar-refractivity contribution in [2.45, 2.75) is 48.0 Å². The van der Waals surface area contributed by atoms with Crippen molar-refractivity contribution in [3.63, 3.8) is 0 Å². The second-order valence-corrected chi connectivity index (χ2v) is 3.38. The van der Waals surface area contributed by atoms with Crippen LogP contribution in [0.3, 0.4) is 0 Å². The van der Waals surface area contributed by atoms with E-state index in [9.17, 15) is 0 Å². The zero-order valence-electron chi connectivity index (χ0n) is 11.6. The Morgan fingerprint density at radius 1 is 1.00 bits per heavy atom. The van der Waals surface area contributed by atoms with Crippen molar-refractivity contribution in [2.24, 2.45) is 4.99 Å². The highest BCUT2D eigenvalue weighted by Crippen LogP contribution is 2.17. The zero-order chi connectivity index (χ0) is 12.6. The molecule has 1 aromatic rings. The second-order valence-electron chi connectivity index (χ2n) is 3.38. The Kier molecular flexibility index (Phi) is 7.53. The molecule has 0 fully saturated rings. The molecular formula is C15H25N. The molecule has 1 nitrogen and oxygen atoms in total. The minimum Gasteiger partial charge on any atom is -0.289 e. The summed E-state index contributed by atoms with van der Waals surface area (Å²) in [4.78, 5) is 4.43. The van der Waals surface area contributed by atoms with Gasteiger partial charge in [-0.3, -0.25) is 4.99 Å². The van der Waals surface area contributed by atoms with Crippen LogP contribution in [0.2, 0.25) is 0 Å². The molecule has 0 bridgehead atoms. The van der Waals surface area contributed by atoms with Gasteiger partial charge in [-0.25, -0.2) is 0 Å². The molecule has 16 heavy (non-hydrogen) atoms. The fourth-order valence-corrected chi connectivity index (χ4v) is 1.67. The molecule has 1 aliphatic rings. The van der Waals surface area contributed by atoms with Crippen LogP contribution in [0.4, 0.5) is 0 Å². The van der Waals surface area contributed by atoms with Gasteiger partial charge in [0.25, 0.3) is 0 Å². The summed E-state index contributed by atoms with van der Waals surface area (Å²) in [6, 6.07) is 6.63. The summed E-state index contributed by atoms with van der Waals surface area (Å²) in [5.74, 6) is 0. The molecule has 1 aliphatic heterocycles. The van der Waals surface area contributed by atoms with Crippen molar-refractivity contribution in [3.05, 3.63) is 34.9 Å². The van der Waals surface area contributed by atoms with Gasteiger partial charge in [0, 0.05) is 12.3 Å². The van der Waals surface area contributed by atoms with Gasteiger partial charge < -0.3 is 0 Å². The first-order valence-electron chi connectivity index (χ1n) is 6.38. The van der Waals surface area contributed by atoms with Gasteiger partial charge in [0.05, 0.1) is 0 Å². The first kappa shape index (κ1) is 14.9. The van der Waals surface area contributed by atoms with Gasteiger partial charge in [0.2, 0.25) is 0 Å². The first-order valence-corrected chi connectivity index (χ1v) is 6.38. The van der Waals surface area contributed by atoms with Crippen molar-refractivity contribution in [2.75, 3.05) is 6.54 Å². The summed E-state index contributed by atoms with van der Waals surface area (Å²) in [7, 11) is 0. The molecule has 0 aromatic heterocycles. The highest BCUT2D eigenvalue weighted by Gasteiger charge is 2.09. The summed E-state index contributed by atoms with van der Waals surface area (Å²) >= 11 is 0. The predicted octanol–water partition coefficient (Wildman–Crippen LogP) is 4.41. The van der Waals surface area contributed by atoms with E-state index in [4.69, 9.17) is 0 Å². The minimum atomic E-state index is 0.960. The van der Waals surface area contributed by atoms with Crippen LogP contribution in [0, 0.1) is 6.92 Å². The van der Waals surface area contributed by atoms with Gasteiger partial charge in [0.1, 0.15) is 0 Å². The van der Waals surface area contributed by atoms with Crippen molar-refractivity contribution in [3.8, 4) is 0 Å². The monoisotopic (exact) mass is 219 g/mol. The third-order valence-electron chi connectivity index (χ3n) is 2.39. The molecule has 1 heteroatoms. The molecule has 0 spiro atoms. The number of hydrogen-bond donors (Lipinski definition) is 0. The molecule has 0 radical (unpaired) electrons. The molecule has 90 valence electrons. The lowest BCUT2D eigenvalue weighted by atomic mass is 9.97. The molecule has 2 rings (SSSR count). The van der Waals surface area contributed by atoms with E-state index in [0.717, 1.165) is 13.0 Å². The van der Waals surface area contributed by atoms with E-state index in [2.05, 4.69) is 37.0 Å². The second kappa shape index (κ2) is 8.09. The van der Waals surface area contributed by atoms with Crippen LogP contribution in [0.1, 0.15) is 51.3 Å². The number of hydrogen-bond acceptors (Lipinski definition) is 1. The molecule has 1 aromatic carbocycles. The highest BCUT2D eigenvalue weighted by molar-refractivity contribution is 6.00. The SMILES string of the molecule is CC.CC.CC1=NCCc2ccc(C)cc21. The molecule has 0 amide bonds. The maximum absolute atomic E-state index is 4.43. The largest absolute Gasteiger partial charge is 0.289 e. The van der Waals surface area contributed by atoms with Crippen LogP contribution in [0.5, 0.6) is 0 Å². The van der Waals surface area contributed by atoms with Crippen LogP contribution in [0.25, 0.3) is 0 Å². The smallest absolute Gasteiger partial charge is 0.0433 e. The molecule has 0 saturated carbocycles. The normalized spacial score (nSPS) is 12.2. The van der Waals surface area contributed by atoms with Crippen LogP contribution in [0.15, 0.2) is 23.2 Å². The topological polar surface area (TPSA) is 12.4 Å². The quantitative estimate of drug-likeness (QED) is 0.613. The van der Waals surface area contributed by atoms with Crippen LogP contribution in [-0.2, 0) is 6.42 Å². The molecule has 0 aliphatic carbocycles. The zero-order valence-corrected chi connectivity index (χ0v) is 11.6. The van der Waals surface area contributed by atoms with E-state index in [0.29, 0.717) is 0 Å². The Morgan fingerprint density at radius 3 is 2.25 bits per heavy atom. The number of fused-ring (bicyclic) bond motifs is 1. The fourth-order valence-electron chi connectivity index (χ4n) is 1.67. The number of aliphatic imine (C=N–C) groups is 1. The molecule has 0 saturated heterocycles. The number of rotatable bonds is 0. The minimum absolute atomic E-state index is 0.960. The summed E-state index contributed by atoms with van der Waals surface area (Å²) in [6.07, 6.45) is 1.10. The molecule has 0 atom stereocenters. The summed E-state index contributed by atoms with van der Waals surface area (Å²) in [5.41, 5.74) is 5.32. The third-order valence-corrected chi connectivity index (χ3v) is 2.39. The summed E-state index contributed by atoms with van der Waals surface area (Å²) < 4.78 is 0. The Balaban J connectivity index is 0.000000509. The van der Waals surface area contributed by atoms with E-state index >= 15 is 0 Å². The van der Waals surface area contributed by atoms with E-state index in [1.165, 1.54) is 22.4 Å². The molecule has 0 unspecified atom stereocenters. The fraction of sp³-hybridized carbons (Fsp3) is 0.533. The van der Waals surface area contributed by atoms with Gasteiger partial charge in [-0.15, -0.1) is 0 Å². The van der Waals surface area contributed by atoms with Gasteiger partial charge in [-0.1, -0.05) is 45.4 Å². The van der Waals surface area contributed by atoms with Crippen molar-refractivity contribution in [1.82, 2.24) is 0 Å². The standard InChI is InChI=1S/C11H13N.2C2H6/c1-8-3-4-10-5-6-12-9(2)11(10)7-8;2*1-2/h3-4,7H,5-6H2,1-2H3;2*1-2H3. The van der Waals surface area contributed by atoms with Crippen LogP contribution in [-0.4, -0.2) is 12.3 Å². The third kappa shape index (κ3) is 3.80. The van der Waals surface area contributed by atoms with Gasteiger partial charge in [0.15, 0.2) is 0 Å². The first-order chi connectivity index (χ1) is 7.77. The maximum atomic E-state index is 4.43. The molecular weight excluding hydrogens is 194 g/mol. The lowest BCUT2D eigenvalue weighted by Gasteiger charge is -2.14. The maximum Gasteiger partial charge on any atom is 0.0433 e. The van der Waals surface area contributed by atoms with Gasteiger partial charge in [-0.05, 0) is 37.5 Å². The Morgan fingerprint density at radius 2 is 1.62 bits per heavy atom. The summed E-state index contributed by atoms with van der Waals surface area (Å²) in [6.45, 7) is 13.2. The molecule has 1 heterocycles. The predicted molar refractivity (Wildman–Crippen MR) is 74.7 cm³/mol. The number of benzene rings is 1. The number of aryl methyl sites for hydroxylation is 1. The lowest BCUT2D eigenvalue weighted by Crippen LogP contribution is -2.09. The van der Waals surface area contributed by atoms with E-state index in [-0.39, 0.29) is 0 Å². The van der Waals surface area contributed by atoms with Gasteiger partial charge >= 0.3 is 0 Å². The Labute approximate surface area is 101 Å². The lowest BCUT2D eigenvalue weighted by molar-refractivity contribution is 0.940. The molecule has 0 N–H and O–H groups in total.